The standard InChI is InChI=1S/C20H16FN5O2S/c1-28-14-5-6-17-16(8-14)19(24-11-23-17)26-20-22-10-15(29-20)9-18(27)25-13-4-2-3-12(21)7-13/h2-8,10-11H,9H2,1H3,(H,25,27)(H,22,23,24,26). The van der Waals surface area contributed by atoms with Crippen molar-refractivity contribution in [3.63, 3.8) is 0 Å². The van der Waals surface area contributed by atoms with Crippen LogP contribution in [0.15, 0.2) is 55.0 Å². The lowest BCUT2D eigenvalue weighted by Crippen LogP contribution is -2.13. The first kappa shape index (κ1) is 18.8. The molecule has 7 nitrogen and oxygen atoms in total. The van der Waals surface area contributed by atoms with Crippen molar-refractivity contribution in [1.29, 1.82) is 0 Å². The molecular weight excluding hydrogens is 393 g/mol. The quantitative estimate of drug-likeness (QED) is 0.497. The number of hydrogen-bond donors (Lipinski definition) is 2. The van der Waals surface area contributed by atoms with Crippen LogP contribution in [-0.2, 0) is 11.2 Å². The molecule has 0 aliphatic heterocycles. The van der Waals surface area contributed by atoms with E-state index in [0.29, 0.717) is 22.4 Å². The summed E-state index contributed by atoms with van der Waals surface area (Å²) in [6.07, 6.45) is 3.23. The molecule has 2 N–H and O–H groups in total. The number of carbonyl (C=O) groups is 1. The number of rotatable bonds is 6. The first-order valence-electron chi connectivity index (χ1n) is 8.66. The van der Waals surface area contributed by atoms with Crippen LogP contribution in [0.25, 0.3) is 10.9 Å². The van der Waals surface area contributed by atoms with Gasteiger partial charge in [0, 0.05) is 22.1 Å². The van der Waals surface area contributed by atoms with Crippen LogP contribution in [-0.4, -0.2) is 28.0 Å². The molecular formula is C20H16FN5O2S. The zero-order valence-corrected chi connectivity index (χ0v) is 16.2. The second-order valence-electron chi connectivity index (χ2n) is 6.10. The van der Waals surface area contributed by atoms with Gasteiger partial charge in [-0.15, -0.1) is 11.3 Å². The minimum Gasteiger partial charge on any atom is -0.497 e. The van der Waals surface area contributed by atoms with E-state index in [9.17, 15) is 9.18 Å². The molecule has 0 saturated heterocycles. The minimum absolute atomic E-state index is 0.133. The topological polar surface area (TPSA) is 89.0 Å². The van der Waals surface area contributed by atoms with E-state index in [0.717, 1.165) is 15.8 Å². The molecule has 4 aromatic rings. The Morgan fingerprint density at radius 2 is 2.07 bits per heavy atom. The number of nitrogens with one attached hydrogen (secondary N) is 2. The van der Waals surface area contributed by atoms with E-state index < -0.39 is 5.82 Å². The summed E-state index contributed by atoms with van der Waals surface area (Å²) >= 11 is 1.34. The molecule has 0 bridgehead atoms. The van der Waals surface area contributed by atoms with Crippen molar-refractivity contribution in [2.24, 2.45) is 0 Å². The molecule has 0 unspecified atom stereocenters. The fraction of sp³-hybridized carbons (Fsp3) is 0.100. The summed E-state index contributed by atoms with van der Waals surface area (Å²) in [4.78, 5) is 25.8. The summed E-state index contributed by atoms with van der Waals surface area (Å²) in [5.41, 5.74) is 1.19. The summed E-state index contributed by atoms with van der Waals surface area (Å²) in [7, 11) is 1.60. The Bertz CT molecular complexity index is 1180. The van der Waals surface area contributed by atoms with Crippen molar-refractivity contribution >= 4 is 44.8 Å². The number of carbonyl (C=O) groups excluding carboxylic acids is 1. The Labute approximate surface area is 169 Å². The first-order chi connectivity index (χ1) is 14.1. The smallest absolute Gasteiger partial charge is 0.229 e. The van der Waals surface area contributed by atoms with Crippen molar-refractivity contribution < 1.29 is 13.9 Å². The van der Waals surface area contributed by atoms with E-state index in [2.05, 4.69) is 25.6 Å². The third-order valence-electron chi connectivity index (χ3n) is 4.06. The number of nitrogens with zero attached hydrogens (tertiary/aromatic N) is 3. The lowest BCUT2D eigenvalue weighted by atomic mass is 10.2. The molecule has 1 amide bonds. The monoisotopic (exact) mass is 409 g/mol. The van der Waals surface area contributed by atoms with E-state index in [4.69, 9.17) is 4.74 Å². The average molecular weight is 409 g/mol. The van der Waals surface area contributed by atoms with E-state index in [1.54, 1.807) is 25.4 Å². The molecule has 0 aliphatic carbocycles. The molecule has 4 rings (SSSR count). The highest BCUT2D eigenvalue weighted by Crippen LogP contribution is 2.28. The van der Waals surface area contributed by atoms with Gasteiger partial charge in [-0.1, -0.05) is 6.07 Å². The molecule has 29 heavy (non-hydrogen) atoms. The maximum absolute atomic E-state index is 13.2. The zero-order valence-electron chi connectivity index (χ0n) is 15.3. The van der Waals surface area contributed by atoms with E-state index >= 15 is 0 Å². The predicted octanol–water partition coefficient (Wildman–Crippen LogP) is 4.16. The molecule has 0 radical (unpaired) electrons. The van der Waals surface area contributed by atoms with Gasteiger partial charge in [-0.2, -0.15) is 0 Å². The highest BCUT2D eigenvalue weighted by Gasteiger charge is 2.11. The minimum atomic E-state index is -0.402. The number of halogens is 1. The number of hydrogen-bond acceptors (Lipinski definition) is 7. The van der Waals surface area contributed by atoms with Crippen LogP contribution in [0.4, 0.5) is 21.0 Å². The number of aromatic nitrogens is 3. The maximum Gasteiger partial charge on any atom is 0.229 e. The molecule has 9 heteroatoms. The number of benzene rings is 2. The largest absolute Gasteiger partial charge is 0.497 e. The Morgan fingerprint density at radius 3 is 2.90 bits per heavy atom. The Kier molecular flexibility index (Phi) is 5.30. The SMILES string of the molecule is COc1ccc2ncnc(Nc3ncc(CC(=O)Nc4cccc(F)c4)s3)c2c1. The molecule has 2 aromatic heterocycles. The Balaban J connectivity index is 1.47. The van der Waals surface area contributed by atoms with Gasteiger partial charge in [-0.25, -0.2) is 19.3 Å². The van der Waals surface area contributed by atoms with E-state index in [-0.39, 0.29) is 12.3 Å². The van der Waals surface area contributed by atoms with Gasteiger partial charge in [0.15, 0.2) is 5.13 Å². The van der Waals surface area contributed by atoms with Gasteiger partial charge in [0.05, 0.1) is 19.0 Å². The van der Waals surface area contributed by atoms with Gasteiger partial charge in [0.2, 0.25) is 5.91 Å². The van der Waals surface area contributed by atoms with Gasteiger partial charge in [0.25, 0.3) is 0 Å². The molecule has 0 fully saturated rings. The van der Waals surface area contributed by atoms with E-state index in [1.165, 1.54) is 29.8 Å². The van der Waals surface area contributed by atoms with Crippen LogP contribution in [0.2, 0.25) is 0 Å². The highest BCUT2D eigenvalue weighted by molar-refractivity contribution is 7.15. The molecule has 0 saturated carbocycles. The normalized spacial score (nSPS) is 10.7. The van der Waals surface area contributed by atoms with E-state index in [1.807, 2.05) is 18.2 Å². The van der Waals surface area contributed by atoms with Crippen LogP contribution in [0.1, 0.15) is 4.88 Å². The summed E-state index contributed by atoms with van der Waals surface area (Å²) in [6.45, 7) is 0. The third kappa shape index (κ3) is 4.46. The van der Waals surface area contributed by atoms with Gasteiger partial charge in [-0.05, 0) is 36.4 Å². The molecule has 2 aromatic carbocycles. The molecule has 0 aliphatic rings. The number of thiazole rings is 1. The van der Waals surface area contributed by atoms with Crippen molar-refractivity contribution in [1.82, 2.24) is 15.0 Å². The Morgan fingerprint density at radius 1 is 1.17 bits per heavy atom. The maximum atomic E-state index is 13.2. The molecule has 0 spiro atoms. The van der Waals surface area contributed by atoms with Gasteiger partial charge in [0.1, 0.15) is 23.7 Å². The lowest BCUT2D eigenvalue weighted by molar-refractivity contribution is -0.115. The predicted molar refractivity (Wildman–Crippen MR) is 110 cm³/mol. The first-order valence-corrected chi connectivity index (χ1v) is 9.48. The Hall–Kier alpha value is -3.59. The summed E-state index contributed by atoms with van der Waals surface area (Å²) in [5, 5.41) is 7.24. The van der Waals surface area contributed by atoms with Gasteiger partial charge < -0.3 is 15.4 Å². The van der Waals surface area contributed by atoms with Crippen LogP contribution in [0.3, 0.4) is 0 Å². The van der Waals surface area contributed by atoms with Crippen LogP contribution >= 0.6 is 11.3 Å². The van der Waals surface area contributed by atoms with Crippen molar-refractivity contribution in [2.75, 3.05) is 17.7 Å². The molecule has 146 valence electrons. The van der Waals surface area contributed by atoms with Crippen molar-refractivity contribution in [3.05, 3.63) is 65.7 Å². The molecule has 0 atom stereocenters. The van der Waals surface area contributed by atoms with Gasteiger partial charge in [-0.3, -0.25) is 4.79 Å². The van der Waals surface area contributed by atoms with Crippen LogP contribution in [0, 0.1) is 5.82 Å². The average Bonchev–Trinajstić information content (AvgIpc) is 3.14. The fourth-order valence-electron chi connectivity index (χ4n) is 2.74. The fourth-order valence-corrected chi connectivity index (χ4v) is 3.55. The van der Waals surface area contributed by atoms with Crippen molar-refractivity contribution in [3.8, 4) is 5.75 Å². The van der Waals surface area contributed by atoms with Crippen LogP contribution in [0.5, 0.6) is 5.75 Å². The number of methoxy groups -OCH3 is 1. The second kappa shape index (κ2) is 8.19. The number of fused-ring (bicyclic) bond motifs is 1. The summed E-state index contributed by atoms with van der Waals surface area (Å²) in [6, 6.07) is 11.3. The lowest BCUT2D eigenvalue weighted by Gasteiger charge is -2.07. The highest BCUT2D eigenvalue weighted by atomic mass is 32.1. The number of anilines is 3. The number of amides is 1. The molecule has 2 heterocycles. The number of ether oxygens (including phenoxy) is 1. The zero-order chi connectivity index (χ0) is 20.2. The summed E-state index contributed by atoms with van der Waals surface area (Å²) < 4.78 is 18.5. The van der Waals surface area contributed by atoms with Gasteiger partial charge >= 0.3 is 0 Å². The second-order valence-corrected chi connectivity index (χ2v) is 7.21. The third-order valence-corrected chi connectivity index (χ3v) is 4.98. The summed E-state index contributed by atoms with van der Waals surface area (Å²) in [5.74, 6) is 0.645. The van der Waals surface area contributed by atoms with Crippen LogP contribution < -0.4 is 15.4 Å². The van der Waals surface area contributed by atoms with Crippen molar-refractivity contribution in [2.45, 2.75) is 6.42 Å².